The van der Waals surface area contributed by atoms with Crippen molar-refractivity contribution in [2.24, 2.45) is 0 Å². The van der Waals surface area contributed by atoms with Gasteiger partial charge < -0.3 is 5.32 Å². The number of aromatic nitrogens is 2. The maximum Gasteiger partial charge on any atom is 0.327 e. The lowest BCUT2D eigenvalue weighted by molar-refractivity contribution is -0.141. The average molecular weight is 357 g/mol. The molecular formula is C18H23N5O3. The molecule has 0 fully saturated rings. The van der Waals surface area contributed by atoms with Crippen LogP contribution in [0.25, 0.3) is 5.69 Å². The Kier molecular flexibility index (Phi) is 6.11. The number of amides is 3. The Bertz CT molecular complexity index is 812. The lowest BCUT2D eigenvalue weighted by atomic mass is 10.1. The minimum absolute atomic E-state index is 0.0383. The van der Waals surface area contributed by atoms with E-state index in [0.29, 0.717) is 0 Å². The van der Waals surface area contributed by atoms with Crippen LogP contribution < -0.4 is 16.2 Å². The van der Waals surface area contributed by atoms with E-state index in [9.17, 15) is 14.4 Å². The highest BCUT2D eigenvalue weighted by atomic mass is 16.2. The Hall–Kier alpha value is -3.16. The molecule has 26 heavy (non-hydrogen) atoms. The van der Waals surface area contributed by atoms with E-state index >= 15 is 0 Å². The zero-order chi connectivity index (χ0) is 19.3. The van der Waals surface area contributed by atoms with Gasteiger partial charge in [0.05, 0.1) is 17.8 Å². The predicted octanol–water partition coefficient (Wildman–Crippen LogP) is 0.704. The smallest absolute Gasteiger partial charge is 0.327 e. The Morgan fingerprint density at radius 3 is 2.31 bits per heavy atom. The summed E-state index contributed by atoms with van der Waals surface area (Å²) in [7, 11) is 0. The molecule has 0 spiro atoms. The quantitative estimate of drug-likeness (QED) is 0.553. The standard InChI is InChI=1S/C18H23N5O3/c1-11(2)19-17(25)18(26)21-20-16(24)10-15-12(3)22-23(13(15)4)14-8-6-5-7-9-14/h5-9,11H,10H2,1-4H3,(H,19,25)(H,20,24)(H,21,26). The molecule has 1 heterocycles. The van der Waals surface area contributed by atoms with Crippen LogP contribution in [0.3, 0.4) is 0 Å². The average Bonchev–Trinajstić information content (AvgIpc) is 2.88. The lowest BCUT2D eigenvalue weighted by Crippen LogP contribution is -2.50. The van der Waals surface area contributed by atoms with Crippen molar-refractivity contribution in [1.82, 2.24) is 25.9 Å². The van der Waals surface area contributed by atoms with Crippen LogP contribution in [0.2, 0.25) is 0 Å². The second-order valence-corrected chi connectivity index (χ2v) is 6.20. The van der Waals surface area contributed by atoms with E-state index in [2.05, 4.69) is 21.3 Å². The molecule has 2 rings (SSSR count). The molecule has 0 aliphatic rings. The summed E-state index contributed by atoms with van der Waals surface area (Å²) in [5, 5.41) is 6.91. The van der Waals surface area contributed by atoms with E-state index in [-0.39, 0.29) is 12.5 Å². The van der Waals surface area contributed by atoms with Crippen LogP contribution in [-0.4, -0.2) is 33.5 Å². The van der Waals surface area contributed by atoms with Crippen LogP contribution in [0.5, 0.6) is 0 Å². The topological polar surface area (TPSA) is 105 Å². The van der Waals surface area contributed by atoms with E-state index < -0.39 is 17.7 Å². The molecule has 0 unspecified atom stereocenters. The van der Waals surface area contributed by atoms with Crippen molar-refractivity contribution in [3.8, 4) is 5.69 Å². The van der Waals surface area contributed by atoms with Crippen molar-refractivity contribution in [2.45, 2.75) is 40.2 Å². The molecule has 3 amide bonds. The lowest BCUT2D eigenvalue weighted by Gasteiger charge is -2.10. The molecular weight excluding hydrogens is 334 g/mol. The summed E-state index contributed by atoms with van der Waals surface area (Å²) in [6.07, 6.45) is 0.0383. The highest BCUT2D eigenvalue weighted by Gasteiger charge is 2.18. The van der Waals surface area contributed by atoms with Gasteiger partial charge in [-0.1, -0.05) is 18.2 Å². The maximum atomic E-state index is 12.1. The van der Waals surface area contributed by atoms with Crippen LogP contribution in [0.4, 0.5) is 0 Å². The number of aryl methyl sites for hydroxylation is 1. The molecule has 1 aromatic heterocycles. The molecule has 0 aliphatic heterocycles. The molecule has 3 N–H and O–H groups in total. The molecule has 0 aliphatic carbocycles. The van der Waals surface area contributed by atoms with Gasteiger partial charge in [0.15, 0.2) is 0 Å². The molecule has 2 aromatic rings. The Labute approximate surface area is 151 Å². The first kappa shape index (κ1) is 19.2. The second-order valence-electron chi connectivity index (χ2n) is 6.20. The van der Waals surface area contributed by atoms with Gasteiger partial charge in [-0.15, -0.1) is 0 Å². The van der Waals surface area contributed by atoms with Gasteiger partial charge in [0, 0.05) is 17.3 Å². The maximum absolute atomic E-state index is 12.1. The van der Waals surface area contributed by atoms with Gasteiger partial charge in [0.1, 0.15) is 0 Å². The van der Waals surface area contributed by atoms with E-state index in [4.69, 9.17) is 0 Å². The minimum Gasteiger partial charge on any atom is -0.346 e. The zero-order valence-corrected chi connectivity index (χ0v) is 15.3. The molecule has 0 bridgehead atoms. The monoisotopic (exact) mass is 357 g/mol. The van der Waals surface area contributed by atoms with Crippen molar-refractivity contribution in [2.75, 3.05) is 0 Å². The van der Waals surface area contributed by atoms with Gasteiger partial charge in [0.25, 0.3) is 0 Å². The van der Waals surface area contributed by atoms with Gasteiger partial charge in [-0.3, -0.25) is 25.2 Å². The summed E-state index contributed by atoms with van der Waals surface area (Å²) in [6, 6.07) is 9.43. The Balaban J connectivity index is 2.01. The number of hydrogen-bond donors (Lipinski definition) is 3. The Morgan fingerprint density at radius 2 is 1.69 bits per heavy atom. The molecule has 0 saturated carbocycles. The molecule has 1 aromatic carbocycles. The van der Waals surface area contributed by atoms with E-state index in [1.807, 2.05) is 44.2 Å². The summed E-state index contributed by atoms with van der Waals surface area (Å²) in [5.74, 6) is -2.15. The van der Waals surface area contributed by atoms with Crippen LogP contribution in [0.1, 0.15) is 30.8 Å². The normalized spacial score (nSPS) is 10.5. The number of carbonyl (C=O) groups excluding carboxylic acids is 3. The van der Waals surface area contributed by atoms with E-state index in [1.165, 1.54) is 0 Å². The molecule has 0 saturated heterocycles. The summed E-state index contributed by atoms with van der Waals surface area (Å²) in [4.78, 5) is 35.2. The van der Waals surface area contributed by atoms with Gasteiger partial charge in [0.2, 0.25) is 5.91 Å². The van der Waals surface area contributed by atoms with Crippen LogP contribution >= 0.6 is 0 Å². The predicted molar refractivity (Wildman–Crippen MR) is 96.3 cm³/mol. The number of hydrazine groups is 1. The number of hydrogen-bond acceptors (Lipinski definition) is 4. The van der Waals surface area contributed by atoms with Gasteiger partial charge in [-0.25, -0.2) is 4.68 Å². The summed E-state index contributed by atoms with van der Waals surface area (Å²) < 4.78 is 1.77. The van der Waals surface area contributed by atoms with Crippen LogP contribution in [-0.2, 0) is 20.8 Å². The summed E-state index contributed by atoms with van der Waals surface area (Å²) in [6.45, 7) is 7.17. The first-order valence-electron chi connectivity index (χ1n) is 8.29. The van der Waals surface area contributed by atoms with Crippen LogP contribution in [0.15, 0.2) is 30.3 Å². The number of benzene rings is 1. The fourth-order valence-electron chi connectivity index (χ4n) is 2.47. The van der Waals surface area contributed by atoms with Crippen molar-refractivity contribution in [3.63, 3.8) is 0 Å². The molecule has 138 valence electrons. The van der Waals surface area contributed by atoms with Gasteiger partial charge in [-0.2, -0.15) is 5.10 Å². The van der Waals surface area contributed by atoms with Crippen LogP contribution in [0, 0.1) is 13.8 Å². The highest BCUT2D eigenvalue weighted by Crippen LogP contribution is 2.18. The number of para-hydroxylation sites is 1. The minimum atomic E-state index is -0.916. The third-order valence-electron chi connectivity index (χ3n) is 3.72. The summed E-state index contributed by atoms with van der Waals surface area (Å²) >= 11 is 0. The number of nitrogens with zero attached hydrogens (tertiary/aromatic N) is 2. The summed E-state index contributed by atoms with van der Waals surface area (Å²) in [5.41, 5.74) is 7.60. The molecule has 0 atom stereocenters. The number of carbonyl (C=O) groups is 3. The first-order valence-corrected chi connectivity index (χ1v) is 8.29. The van der Waals surface area contributed by atoms with Crippen molar-refractivity contribution >= 4 is 17.7 Å². The van der Waals surface area contributed by atoms with Crippen molar-refractivity contribution in [3.05, 3.63) is 47.3 Å². The first-order chi connectivity index (χ1) is 12.3. The fraction of sp³-hybridized carbons (Fsp3) is 0.333. The van der Waals surface area contributed by atoms with E-state index in [0.717, 1.165) is 22.6 Å². The van der Waals surface area contributed by atoms with E-state index in [1.54, 1.807) is 18.5 Å². The third-order valence-corrected chi connectivity index (χ3v) is 3.72. The molecule has 8 heteroatoms. The van der Waals surface area contributed by atoms with Gasteiger partial charge in [-0.05, 0) is 39.8 Å². The third kappa shape index (κ3) is 4.69. The van der Waals surface area contributed by atoms with Gasteiger partial charge >= 0.3 is 11.8 Å². The largest absolute Gasteiger partial charge is 0.346 e. The zero-order valence-electron chi connectivity index (χ0n) is 15.3. The molecule has 0 radical (unpaired) electrons. The number of nitrogens with one attached hydrogen (secondary N) is 3. The SMILES string of the molecule is Cc1nn(-c2ccccc2)c(C)c1CC(=O)NNC(=O)C(=O)NC(C)C. The Morgan fingerprint density at radius 1 is 1.04 bits per heavy atom. The highest BCUT2D eigenvalue weighted by molar-refractivity contribution is 6.35. The van der Waals surface area contributed by atoms with Crippen molar-refractivity contribution in [1.29, 1.82) is 0 Å². The molecule has 8 nitrogen and oxygen atoms in total. The fourth-order valence-corrected chi connectivity index (χ4v) is 2.47. The van der Waals surface area contributed by atoms with Crippen molar-refractivity contribution < 1.29 is 14.4 Å². The second kappa shape index (κ2) is 8.28. The number of rotatable bonds is 4.